The summed E-state index contributed by atoms with van der Waals surface area (Å²) in [6, 6.07) is 2.24. The molecule has 1 fully saturated rings. The molecule has 2 aromatic rings. The Morgan fingerprint density at radius 1 is 1.42 bits per heavy atom. The number of hydrogen-bond acceptors (Lipinski definition) is 4. The van der Waals surface area contributed by atoms with E-state index >= 15 is 0 Å². The van der Waals surface area contributed by atoms with Crippen molar-refractivity contribution in [1.29, 1.82) is 0 Å². The first-order chi connectivity index (χ1) is 9.28. The van der Waals surface area contributed by atoms with Gasteiger partial charge in [0.2, 0.25) is 0 Å². The molecule has 1 aliphatic rings. The number of nitrogens with one attached hydrogen (secondary N) is 1. The minimum absolute atomic E-state index is 0.246. The summed E-state index contributed by atoms with van der Waals surface area (Å²) in [4.78, 5) is 4.56. The molecule has 0 spiro atoms. The number of fused-ring (bicyclic) bond motifs is 1. The first-order valence-electron chi connectivity index (χ1n) is 6.65. The van der Waals surface area contributed by atoms with Crippen molar-refractivity contribution in [2.45, 2.75) is 31.7 Å². The van der Waals surface area contributed by atoms with Crippen LogP contribution in [0.1, 0.15) is 25.7 Å². The minimum atomic E-state index is 0.246. The van der Waals surface area contributed by atoms with E-state index in [-0.39, 0.29) is 6.61 Å². The van der Waals surface area contributed by atoms with Gasteiger partial charge in [0.25, 0.3) is 0 Å². The number of halogens is 1. The number of hydrogen-bond donors (Lipinski definition) is 2. The van der Waals surface area contributed by atoms with E-state index in [2.05, 4.69) is 31.3 Å². The second-order valence-electron chi connectivity index (χ2n) is 5.05. The number of aromatic nitrogens is 3. The molecule has 5 nitrogen and oxygen atoms in total. The van der Waals surface area contributed by atoms with Crippen LogP contribution in [0.25, 0.3) is 5.65 Å². The maximum Gasteiger partial charge on any atom is 0.171 e. The van der Waals surface area contributed by atoms with Crippen LogP contribution in [0.5, 0.6) is 0 Å². The third-order valence-electron chi connectivity index (χ3n) is 3.80. The summed E-state index contributed by atoms with van der Waals surface area (Å²) in [5.41, 5.74) is 0.807. The Labute approximate surface area is 120 Å². The second kappa shape index (κ2) is 5.46. The van der Waals surface area contributed by atoms with Gasteiger partial charge in [-0.15, -0.1) is 0 Å². The van der Waals surface area contributed by atoms with Crippen LogP contribution in [-0.4, -0.2) is 32.4 Å². The first kappa shape index (κ1) is 12.9. The van der Waals surface area contributed by atoms with E-state index in [0.29, 0.717) is 12.0 Å². The fraction of sp³-hybridized carbons (Fsp3) is 0.538. The zero-order valence-electron chi connectivity index (χ0n) is 10.6. The van der Waals surface area contributed by atoms with Crippen LogP contribution in [0, 0.1) is 5.92 Å². The van der Waals surface area contributed by atoms with Gasteiger partial charge >= 0.3 is 0 Å². The van der Waals surface area contributed by atoms with Crippen LogP contribution in [0.2, 0.25) is 0 Å². The molecule has 0 amide bonds. The monoisotopic (exact) mass is 324 g/mol. The zero-order chi connectivity index (χ0) is 13.2. The normalized spacial score (nSPS) is 23.7. The lowest BCUT2D eigenvalue weighted by Gasteiger charge is -2.31. The highest BCUT2D eigenvalue weighted by atomic mass is 79.9. The SMILES string of the molecule is OC[C@@H]1CCCC[C@@H]1Nc1ccn2ncc(Br)c2n1. The molecule has 0 unspecified atom stereocenters. The van der Waals surface area contributed by atoms with E-state index in [1.807, 2.05) is 12.3 Å². The van der Waals surface area contributed by atoms with E-state index < -0.39 is 0 Å². The third-order valence-corrected chi connectivity index (χ3v) is 4.36. The van der Waals surface area contributed by atoms with Crippen molar-refractivity contribution in [3.05, 3.63) is 22.9 Å². The van der Waals surface area contributed by atoms with E-state index in [0.717, 1.165) is 28.8 Å². The molecule has 0 aromatic carbocycles. The van der Waals surface area contributed by atoms with Crippen LogP contribution >= 0.6 is 15.9 Å². The van der Waals surface area contributed by atoms with Crippen LogP contribution in [0.15, 0.2) is 22.9 Å². The molecular weight excluding hydrogens is 308 g/mol. The van der Waals surface area contributed by atoms with E-state index in [4.69, 9.17) is 0 Å². The Balaban J connectivity index is 1.81. The van der Waals surface area contributed by atoms with Gasteiger partial charge < -0.3 is 10.4 Å². The molecule has 0 aliphatic heterocycles. The summed E-state index contributed by atoms with van der Waals surface area (Å²) >= 11 is 3.44. The van der Waals surface area contributed by atoms with Gasteiger partial charge in [-0.25, -0.2) is 9.50 Å². The quantitative estimate of drug-likeness (QED) is 0.910. The largest absolute Gasteiger partial charge is 0.396 e. The summed E-state index contributed by atoms with van der Waals surface area (Å²) in [6.07, 6.45) is 8.25. The van der Waals surface area contributed by atoms with E-state index in [1.165, 1.54) is 12.8 Å². The molecule has 0 radical (unpaired) electrons. The first-order valence-corrected chi connectivity index (χ1v) is 7.44. The van der Waals surface area contributed by atoms with E-state index in [9.17, 15) is 5.11 Å². The Morgan fingerprint density at radius 3 is 3.11 bits per heavy atom. The predicted molar refractivity (Wildman–Crippen MR) is 77.1 cm³/mol. The standard InChI is InChI=1S/C13H17BrN4O/c14-10-7-15-18-6-5-12(17-13(10)18)16-11-4-2-1-3-9(11)8-19/h5-7,9,11,19H,1-4,8H2,(H,16,17)/t9-,11-/m0/s1. The number of aliphatic hydroxyl groups excluding tert-OH is 1. The topological polar surface area (TPSA) is 62.5 Å². The van der Waals surface area contributed by atoms with Crippen molar-refractivity contribution in [1.82, 2.24) is 14.6 Å². The molecule has 0 saturated heterocycles. The lowest BCUT2D eigenvalue weighted by molar-refractivity contribution is 0.178. The molecule has 2 heterocycles. The van der Waals surface area contributed by atoms with Gasteiger partial charge in [0.05, 0.1) is 10.7 Å². The second-order valence-corrected chi connectivity index (χ2v) is 5.91. The van der Waals surface area contributed by atoms with E-state index in [1.54, 1.807) is 10.7 Å². The summed E-state index contributed by atoms with van der Waals surface area (Å²) < 4.78 is 2.62. The molecule has 2 aromatic heterocycles. The summed E-state index contributed by atoms with van der Waals surface area (Å²) in [6.45, 7) is 0.246. The molecule has 1 saturated carbocycles. The number of rotatable bonds is 3. The average molecular weight is 325 g/mol. The summed E-state index contributed by atoms with van der Waals surface area (Å²) in [5.74, 6) is 1.18. The number of aliphatic hydroxyl groups is 1. The maximum atomic E-state index is 9.44. The van der Waals surface area contributed by atoms with Gasteiger partial charge in [-0.05, 0) is 34.8 Å². The Kier molecular flexibility index (Phi) is 3.70. The van der Waals surface area contributed by atoms with Crippen LogP contribution < -0.4 is 5.32 Å². The fourth-order valence-corrected chi connectivity index (χ4v) is 3.09. The molecule has 19 heavy (non-hydrogen) atoms. The lowest BCUT2D eigenvalue weighted by atomic mass is 9.85. The van der Waals surface area contributed by atoms with Crippen molar-refractivity contribution in [3.8, 4) is 0 Å². The Bertz CT molecular complexity index is 571. The van der Waals surface area contributed by atoms with Gasteiger partial charge in [-0.2, -0.15) is 5.10 Å². The van der Waals surface area contributed by atoms with Gasteiger partial charge in [-0.1, -0.05) is 12.8 Å². The highest BCUT2D eigenvalue weighted by molar-refractivity contribution is 9.10. The number of nitrogens with zero attached hydrogens (tertiary/aromatic N) is 3. The predicted octanol–water partition coefficient (Wildman–Crippen LogP) is 2.45. The van der Waals surface area contributed by atoms with Crippen molar-refractivity contribution < 1.29 is 5.11 Å². The fourth-order valence-electron chi connectivity index (χ4n) is 2.73. The molecule has 6 heteroatoms. The van der Waals surface area contributed by atoms with Crippen molar-refractivity contribution in [2.75, 3.05) is 11.9 Å². The number of anilines is 1. The summed E-state index contributed by atoms with van der Waals surface area (Å²) in [5, 5.41) is 17.1. The average Bonchev–Trinajstić information content (AvgIpc) is 2.81. The summed E-state index contributed by atoms with van der Waals surface area (Å²) in [7, 11) is 0. The molecule has 2 atom stereocenters. The molecular formula is C13H17BrN4O. The molecule has 2 N–H and O–H groups in total. The van der Waals surface area contributed by atoms with Crippen LogP contribution in [0.4, 0.5) is 5.82 Å². The smallest absolute Gasteiger partial charge is 0.171 e. The minimum Gasteiger partial charge on any atom is -0.396 e. The van der Waals surface area contributed by atoms with Crippen molar-refractivity contribution in [2.24, 2.45) is 5.92 Å². The van der Waals surface area contributed by atoms with Crippen molar-refractivity contribution >= 4 is 27.4 Å². The zero-order valence-corrected chi connectivity index (χ0v) is 12.2. The third kappa shape index (κ3) is 2.60. The molecule has 1 aliphatic carbocycles. The van der Waals surface area contributed by atoms with Gasteiger partial charge in [0.1, 0.15) is 5.82 Å². The Morgan fingerprint density at radius 2 is 2.26 bits per heavy atom. The Hall–Kier alpha value is -1.14. The molecule has 0 bridgehead atoms. The highest BCUT2D eigenvalue weighted by Gasteiger charge is 2.24. The molecule has 102 valence electrons. The van der Waals surface area contributed by atoms with Gasteiger partial charge in [-0.3, -0.25) is 0 Å². The molecule has 3 rings (SSSR count). The maximum absolute atomic E-state index is 9.44. The van der Waals surface area contributed by atoms with Crippen molar-refractivity contribution in [3.63, 3.8) is 0 Å². The van der Waals surface area contributed by atoms with Gasteiger partial charge in [0.15, 0.2) is 5.65 Å². The highest BCUT2D eigenvalue weighted by Crippen LogP contribution is 2.27. The lowest BCUT2D eigenvalue weighted by Crippen LogP contribution is -2.34. The van der Waals surface area contributed by atoms with Crippen LogP contribution in [0.3, 0.4) is 0 Å². The van der Waals surface area contributed by atoms with Crippen LogP contribution in [-0.2, 0) is 0 Å². The van der Waals surface area contributed by atoms with Gasteiger partial charge in [0, 0.05) is 24.8 Å².